The zero-order chi connectivity index (χ0) is 17.4. The molecule has 4 heteroatoms. The predicted molar refractivity (Wildman–Crippen MR) is 101 cm³/mol. The number of halogens is 1. The van der Waals surface area contributed by atoms with Crippen LogP contribution in [0.4, 0.5) is 0 Å². The summed E-state index contributed by atoms with van der Waals surface area (Å²) in [7, 11) is 0. The molecule has 0 amide bonds. The Balaban J connectivity index is 1.79. The van der Waals surface area contributed by atoms with Gasteiger partial charge in [-0.15, -0.1) is 0 Å². The van der Waals surface area contributed by atoms with Crippen LogP contribution >= 0.6 is 11.6 Å². The van der Waals surface area contributed by atoms with Crippen LogP contribution < -0.4 is 0 Å². The molecule has 3 nitrogen and oxygen atoms in total. The van der Waals surface area contributed by atoms with Crippen LogP contribution in [-0.2, 0) is 0 Å². The molecule has 0 unspecified atom stereocenters. The third-order valence-electron chi connectivity index (χ3n) is 4.59. The van der Waals surface area contributed by atoms with Gasteiger partial charge in [-0.05, 0) is 48.9 Å². The van der Waals surface area contributed by atoms with Crippen LogP contribution in [0.25, 0.3) is 0 Å². The lowest BCUT2D eigenvalue weighted by Gasteiger charge is -2.29. The first-order valence-corrected chi connectivity index (χ1v) is 8.57. The number of hydrogen-bond donors (Lipinski definition) is 0. The first-order chi connectivity index (χ1) is 12.1. The highest BCUT2D eigenvalue weighted by Crippen LogP contribution is 2.36. The van der Waals surface area contributed by atoms with Crippen molar-refractivity contribution in [3.63, 3.8) is 0 Å². The molecule has 1 aromatic heterocycles. The number of ketones is 1. The second-order valence-corrected chi connectivity index (χ2v) is 6.73. The maximum absolute atomic E-state index is 13.3. The Hall–Kier alpha value is -2.65. The lowest BCUT2D eigenvalue weighted by molar-refractivity contribution is 0.0905. The maximum atomic E-state index is 13.3. The van der Waals surface area contributed by atoms with Crippen molar-refractivity contribution < 1.29 is 4.79 Å². The highest BCUT2D eigenvalue weighted by Gasteiger charge is 2.34. The number of rotatable bonds is 3. The highest BCUT2D eigenvalue weighted by molar-refractivity contribution is 6.30. The van der Waals surface area contributed by atoms with Crippen LogP contribution in [-0.4, -0.2) is 16.6 Å². The van der Waals surface area contributed by atoms with Crippen LogP contribution in [0.5, 0.6) is 0 Å². The maximum Gasteiger partial charge on any atom is 0.188 e. The quantitative estimate of drug-likeness (QED) is 0.610. The molecule has 0 aliphatic carbocycles. The lowest BCUT2D eigenvalue weighted by atomic mass is 9.91. The van der Waals surface area contributed by atoms with Crippen molar-refractivity contribution >= 4 is 23.6 Å². The fourth-order valence-electron chi connectivity index (χ4n) is 3.25. The number of fused-ring (bicyclic) bond motifs is 1. The number of nitrogens with zero attached hydrogens (tertiary/aromatic N) is 2. The predicted octanol–water partition coefficient (Wildman–Crippen LogP) is 5.05. The molecule has 2 atom stereocenters. The number of aromatic nitrogens is 1. The van der Waals surface area contributed by atoms with E-state index in [9.17, 15) is 4.79 Å². The zero-order valence-electron chi connectivity index (χ0n) is 13.8. The monoisotopic (exact) mass is 348 g/mol. The van der Waals surface area contributed by atoms with E-state index in [1.165, 1.54) is 5.56 Å². The van der Waals surface area contributed by atoms with Crippen molar-refractivity contribution in [1.29, 1.82) is 0 Å². The molecule has 124 valence electrons. The molecule has 1 aliphatic rings. The fraction of sp³-hybridized carbons (Fsp3) is 0.143. The Morgan fingerprint density at radius 2 is 1.76 bits per heavy atom. The Bertz CT molecular complexity index is 939. The zero-order valence-corrected chi connectivity index (χ0v) is 14.5. The van der Waals surface area contributed by atoms with Gasteiger partial charge in [-0.3, -0.25) is 9.79 Å². The van der Waals surface area contributed by atoms with E-state index in [1.54, 1.807) is 24.3 Å². The summed E-state index contributed by atoms with van der Waals surface area (Å²) in [6, 6.07) is 18.5. The summed E-state index contributed by atoms with van der Waals surface area (Å²) >= 11 is 5.97. The number of hydrogen-bond acceptors (Lipinski definition) is 2. The van der Waals surface area contributed by atoms with Crippen LogP contribution in [0.3, 0.4) is 0 Å². The molecule has 0 saturated carbocycles. The SMILES string of the molecule is Cc1ccc([C@H]2N=Cc3cccn3[C@@H]2C(=O)c2ccc(Cl)cc2)cc1. The fourth-order valence-corrected chi connectivity index (χ4v) is 3.37. The molecule has 3 aromatic rings. The molecular weight excluding hydrogens is 332 g/mol. The van der Waals surface area contributed by atoms with E-state index in [-0.39, 0.29) is 11.8 Å². The van der Waals surface area contributed by atoms with E-state index in [2.05, 4.69) is 12.1 Å². The number of benzene rings is 2. The highest BCUT2D eigenvalue weighted by atomic mass is 35.5. The summed E-state index contributed by atoms with van der Waals surface area (Å²) < 4.78 is 2.01. The summed E-state index contributed by atoms with van der Waals surface area (Å²) in [6.07, 6.45) is 3.79. The van der Waals surface area contributed by atoms with E-state index in [1.807, 2.05) is 48.2 Å². The van der Waals surface area contributed by atoms with Crippen LogP contribution in [0.2, 0.25) is 5.02 Å². The van der Waals surface area contributed by atoms with Gasteiger partial charge in [-0.1, -0.05) is 41.4 Å². The van der Waals surface area contributed by atoms with Gasteiger partial charge in [0.25, 0.3) is 0 Å². The summed E-state index contributed by atoms with van der Waals surface area (Å²) in [6.45, 7) is 2.05. The molecule has 2 heterocycles. The van der Waals surface area contributed by atoms with Gasteiger partial charge in [0, 0.05) is 23.0 Å². The first-order valence-electron chi connectivity index (χ1n) is 8.20. The molecule has 25 heavy (non-hydrogen) atoms. The minimum Gasteiger partial charge on any atom is -0.333 e. The lowest BCUT2D eigenvalue weighted by Crippen LogP contribution is -2.29. The Labute approximate surface area is 151 Å². The van der Waals surface area contributed by atoms with Gasteiger partial charge in [0.05, 0.1) is 5.69 Å². The van der Waals surface area contributed by atoms with E-state index >= 15 is 0 Å². The molecule has 2 aromatic carbocycles. The number of aliphatic imine (C=N–C) groups is 1. The largest absolute Gasteiger partial charge is 0.333 e. The Morgan fingerprint density at radius 1 is 1.04 bits per heavy atom. The molecule has 0 bridgehead atoms. The normalized spacial score (nSPS) is 18.8. The van der Waals surface area contributed by atoms with Crippen LogP contribution in [0.1, 0.15) is 39.3 Å². The second kappa shape index (κ2) is 6.34. The molecular formula is C21H17ClN2O. The van der Waals surface area contributed by atoms with Crippen molar-refractivity contribution in [3.8, 4) is 0 Å². The van der Waals surface area contributed by atoms with Gasteiger partial charge >= 0.3 is 0 Å². The van der Waals surface area contributed by atoms with Crippen molar-refractivity contribution in [2.45, 2.75) is 19.0 Å². The van der Waals surface area contributed by atoms with Gasteiger partial charge in [0.1, 0.15) is 12.1 Å². The Morgan fingerprint density at radius 3 is 2.48 bits per heavy atom. The second-order valence-electron chi connectivity index (χ2n) is 6.29. The molecule has 0 radical (unpaired) electrons. The molecule has 0 fully saturated rings. The average molecular weight is 349 g/mol. The minimum atomic E-state index is -0.404. The number of Topliss-reactive ketones (excluding diaryl/α,β-unsaturated/α-hetero) is 1. The van der Waals surface area contributed by atoms with E-state index < -0.39 is 6.04 Å². The van der Waals surface area contributed by atoms with Crippen molar-refractivity contribution in [3.05, 3.63) is 94.3 Å². The van der Waals surface area contributed by atoms with E-state index in [0.29, 0.717) is 10.6 Å². The van der Waals surface area contributed by atoms with Gasteiger partial charge in [0.15, 0.2) is 5.78 Å². The third-order valence-corrected chi connectivity index (χ3v) is 4.85. The van der Waals surface area contributed by atoms with Gasteiger partial charge in [-0.25, -0.2) is 0 Å². The summed E-state index contributed by atoms with van der Waals surface area (Å²) in [5, 5.41) is 0.620. The smallest absolute Gasteiger partial charge is 0.188 e. The van der Waals surface area contributed by atoms with Crippen LogP contribution in [0, 0.1) is 6.92 Å². The summed E-state index contributed by atoms with van der Waals surface area (Å²) in [5.74, 6) is 0.0385. The van der Waals surface area contributed by atoms with Crippen molar-refractivity contribution in [2.75, 3.05) is 0 Å². The number of carbonyl (C=O) groups excluding carboxylic acids is 1. The van der Waals surface area contributed by atoms with E-state index in [4.69, 9.17) is 16.6 Å². The molecule has 1 aliphatic heterocycles. The van der Waals surface area contributed by atoms with E-state index in [0.717, 1.165) is 11.3 Å². The molecule has 0 N–H and O–H groups in total. The van der Waals surface area contributed by atoms with Gasteiger partial charge in [0.2, 0.25) is 0 Å². The molecule has 4 rings (SSSR count). The van der Waals surface area contributed by atoms with Crippen molar-refractivity contribution in [2.24, 2.45) is 4.99 Å². The Kier molecular flexibility index (Phi) is 4.02. The number of aryl methyl sites for hydroxylation is 1. The first kappa shape index (κ1) is 15.9. The average Bonchev–Trinajstić information content (AvgIpc) is 3.10. The molecule has 0 spiro atoms. The standard InChI is InChI=1S/C21H17ClN2O/c1-14-4-6-15(7-5-14)19-20(24-12-2-3-18(24)13-23-19)21(25)16-8-10-17(22)11-9-16/h2-13,19-20H,1H3/t19-,20+/m1/s1. The topological polar surface area (TPSA) is 34.4 Å². The minimum absolute atomic E-state index is 0.0385. The van der Waals surface area contributed by atoms with Gasteiger partial charge in [-0.2, -0.15) is 0 Å². The number of carbonyl (C=O) groups is 1. The summed E-state index contributed by atoms with van der Waals surface area (Å²) in [4.78, 5) is 18.0. The third kappa shape index (κ3) is 2.92. The molecule has 0 saturated heterocycles. The van der Waals surface area contributed by atoms with Crippen molar-refractivity contribution in [1.82, 2.24) is 4.57 Å². The summed E-state index contributed by atoms with van der Waals surface area (Å²) in [5.41, 5.74) is 3.80. The van der Waals surface area contributed by atoms with Gasteiger partial charge < -0.3 is 4.57 Å². The van der Waals surface area contributed by atoms with Crippen LogP contribution in [0.15, 0.2) is 71.9 Å².